The van der Waals surface area contributed by atoms with Crippen LogP contribution in [0.3, 0.4) is 0 Å². The number of primary amides is 1. The summed E-state index contributed by atoms with van der Waals surface area (Å²) in [5.74, 6) is -1.03. The second-order valence-electron chi connectivity index (χ2n) is 10.7. The van der Waals surface area contributed by atoms with Crippen LogP contribution in [0.4, 0.5) is 10.2 Å². The average molecular weight is 584 g/mol. The number of thiophene rings is 1. The van der Waals surface area contributed by atoms with Gasteiger partial charge in [0.15, 0.2) is 0 Å². The number of halogens is 1. The minimum Gasteiger partial charge on any atom is -0.366 e. The van der Waals surface area contributed by atoms with Gasteiger partial charge in [-0.1, -0.05) is 11.3 Å². The first-order valence-electron chi connectivity index (χ1n) is 13.7. The normalized spacial score (nSPS) is 15.2. The van der Waals surface area contributed by atoms with E-state index >= 15 is 4.39 Å². The number of benzene rings is 2. The Labute approximate surface area is 246 Å². The molecule has 1 fully saturated rings. The summed E-state index contributed by atoms with van der Waals surface area (Å²) in [5, 5.41) is 12.2. The fraction of sp³-hybridized carbons (Fsp3) is 0.258. The number of pyridine rings is 1. The molecule has 214 valence electrons. The van der Waals surface area contributed by atoms with Gasteiger partial charge in [-0.25, -0.2) is 9.37 Å². The van der Waals surface area contributed by atoms with E-state index in [9.17, 15) is 9.59 Å². The second-order valence-corrected chi connectivity index (χ2v) is 11.7. The van der Waals surface area contributed by atoms with Crippen molar-refractivity contribution >= 4 is 39.1 Å². The summed E-state index contributed by atoms with van der Waals surface area (Å²) in [6, 6.07) is 12.2. The SMILES string of the molecule is Cc1cc(-c2cc3c(N(C(=O)c4ccc(-c5cn(C)nn5)cc4F)[C@@H]4CCCNC4)nccc3s2)cc(C)c1C(N)=O. The molecular formula is C31H30FN7O2S. The number of nitrogens with one attached hydrogen (secondary N) is 1. The van der Waals surface area contributed by atoms with Gasteiger partial charge in [0.05, 0.1) is 17.8 Å². The van der Waals surface area contributed by atoms with E-state index in [1.54, 1.807) is 46.4 Å². The summed E-state index contributed by atoms with van der Waals surface area (Å²) in [6.45, 7) is 5.18. The Morgan fingerprint density at radius 3 is 2.55 bits per heavy atom. The number of carbonyl (C=O) groups is 2. The molecule has 42 heavy (non-hydrogen) atoms. The van der Waals surface area contributed by atoms with Crippen molar-refractivity contribution in [2.24, 2.45) is 12.8 Å². The van der Waals surface area contributed by atoms with Gasteiger partial charge < -0.3 is 11.1 Å². The summed E-state index contributed by atoms with van der Waals surface area (Å²) >= 11 is 1.57. The molecule has 0 radical (unpaired) electrons. The van der Waals surface area contributed by atoms with Crippen molar-refractivity contribution in [1.29, 1.82) is 0 Å². The van der Waals surface area contributed by atoms with E-state index in [0.29, 0.717) is 29.2 Å². The van der Waals surface area contributed by atoms with Gasteiger partial charge in [-0.3, -0.25) is 19.2 Å². The minimum atomic E-state index is -0.629. The molecule has 2 aromatic carbocycles. The fourth-order valence-electron chi connectivity index (χ4n) is 5.72. The van der Waals surface area contributed by atoms with E-state index in [1.165, 1.54) is 12.1 Å². The Balaban J connectivity index is 1.43. The highest BCUT2D eigenvalue weighted by Crippen LogP contribution is 2.39. The molecule has 1 saturated heterocycles. The molecule has 1 aliphatic rings. The zero-order chi connectivity index (χ0) is 29.5. The summed E-state index contributed by atoms with van der Waals surface area (Å²) in [4.78, 5) is 33.4. The molecule has 11 heteroatoms. The number of fused-ring (bicyclic) bond motifs is 1. The van der Waals surface area contributed by atoms with Crippen LogP contribution in [0.5, 0.6) is 0 Å². The highest BCUT2D eigenvalue weighted by molar-refractivity contribution is 7.22. The van der Waals surface area contributed by atoms with E-state index in [0.717, 1.165) is 51.0 Å². The number of hydrogen-bond acceptors (Lipinski definition) is 7. The molecule has 5 aromatic rings. The van der Waals surface area contributed by atoms with Crippen LogP contribution >= 0.6 is 11.3 Å². The number of amides is 2. The van der Waals surface area contributed by atoms with Crippen molar-refractivity contribution in [3.8, 4) is 21.7 Å². The highest BCUT2D eigenvalue weighted by atomic mass is 32.1. The molecule has 4 heterocycles. The first-order valence-corrected chi connectivity index (χ1v) is 14.5. The Hall–Kier alpha value is -4.48. The molecule has 3 N–H and O–H groups in total. The van der Waals surface area contributed by atoms with Crippen molar-refractivity contribution in [1.82, 2.24) is 25.3 Å². The Kier molecular flexibility index (Phi) is 7.29. The third kappa shape index (κ3) is 5.05. The van der Waals surface area contributed by atoms with Crippen LogP contribution in [-0.4, -0.2) is 50.9 Å². The van der Waals surface area contributed by atoms with E-state index in [4.69, 9.17) is 5.73 Å². The number of carbonyl (C=O) groups excluding carboxylic acids is 2. The van der Waals surface area contributed by atoms with Gasteiger partial charge in [0.1, 0.15) is 17.3 Å². The highest BCUT2D eigenvalue weighted by Gasteiger charge is 2.32. The van der Waals surface area contributed by atoms with E-state index in [2.05, 4.69) is 20.6 Å². The molecule has 2 amide bonds. The number of aromatic nitrogens is 4. The molecule has 0 bridgehead atoms. The summed E-state index contributed by atoms with van der Waals surface area (Å²) in [6.07, 6.45) is 5.03. The number of aryl methyl sites for hydroxylation is 3. The maximum Gasteiger partial charge on any atom is 0.262 e. The van der Waals surface area contributed by atoms with Crippen molar-refractivity contribution in [3.63, 3.8) is 0 Å². The van der Waals surface area contributed by atoms with Crippen LogP contribution in [0.15, 0.2) is 54.9 Å². The van der Waals surface area contributed by atoms with Crippen molar-refractivity contribution in [2.75, 3.05) is 18.0 Å². The molecule has 6 rings (SSSR count). The van der Waals surface area contributed by atoms with Crippen LogP contribution in [0.2, 0.25) is 0 Å². The quantitative estimate of drug-likeness (QED) is 0.290. The lowest BCUT2D eigenvalue weighted by Gasteiger charge is -2.34. The number of hydrogen-bond donors (Lipinski definition) is 2. The van der Waals surface area contributed by atoms with E-state index in [-0.39, 0.29) is 11.6 Å². The van der Waals surface area contributed by atoms with Crippen LogP contribution in [-0.2, 0) is 7.05 Å². The molecule has 9 nitrogen and oxygen atoms in total. The summed E-state index contributed by atoms with van der Waals surface area (Å²) < 4.78 is 18.1. The molecule has 3 aromatic heterocycles. The van der Waals surface area contributed by atoms with Gasteiger partial charge in [0.25, 0.3) is 5.91 Å². The summed E-state index contributed by atoms with van der Waals surface area (Å²) in [7, 11) is 1.74. The average Bonchev–Trinajstić information content (AvgIpc) is 3.60. The molecular weight excluding hydrogens is 553 g/mol. The minimum absolute atomic E-state index is 0.0317. The third-order valence-electron chi connectivity index (χ3n) is 7.67. The fourth-order valence-corrected chi connectivity index (χ4v) is 6.76. The van der Waals surface area contributed by atoms with Crippen LogP contribution < -0.4 is 16.0 Å². The number of piperidine rings is 1. The van der Waals surface area contributed by atoms with Gasteiger partial charge >= 0.3 is 0 Å². The number of rotatable bonds is 6. The predicted molar refractivity (Wildman–Crippen MR) is 162 cm³/mol. The monoisotopic (exact) mass is 583 g/mol. The Bertz CT molecular complexity index is 1820. The maximum absolute atomic E-state index is 15.6. The molecule has 0 spiro atoms. The Morgan fingerprint density at radius 1 is 1.12 bits per heavy atom. The van der Waals surface area contributed by atoms with Crippen LogP contribution in [0.25, 0.3) is 31.8 Å². The predicted octanol–water partition coefficient (Wildman–Crippen LogP) is 5.01. The standard InChI is InChI=1S/C31H30FN7O2S/c1-17-11-20(12-18(2)28(17)29(33)40)27-14-23-26(42-27)8-10-35-30(23)39(21-5-4-9-34-15-21)31(41)22-7-6-19(13-24(22)32)25-16-38(3)37-36-25/h6-8,10-14,16,21,34H,4-5,9,15H2,1-3H3,(H2,33,40)/t21-/m1/s1. The number of anilines is 1. The summed E-state index contributed by atoms with van der Waals surface area (Å²) in [5.41, 5.74) is 9.71. The largest absolute Gasteiger partial charge is 0.366 e. The smallest absolute Gasteiger partial charge is 0.262 e. The van der Waals surface area contributed by atoms with Crippen molar-refractivity contribution < 1.29 is 14.0 Å². The molecule has 0 aliphatic carbocycles. The van der Waals surface area contributed by atoms with E-state index in [1.807, 2.05) is 38.1 Å². The van der Waals surface area contributed by atoms with Gasteiger partial charge in [0, 0.05) is 45.9 Å². The van der Waals surface area contributed by atoms with Gasteiger partial charge in [-0.15, -0.1) is 16.4 Å². The van der Waals surface area contributed by atoms with Gasteiger partial charge in [-0.2, -0.15) is 0 Å². The molecule has 0 saturated carbocycles. The lowest BCUT2D eigenvalue weighted by atomic mass is 9.98. The van der Waals surface area contributed by atoms with Gasteiger partial charge in [0.2, 0.25) is 5.91 Å². The van der Waals surface area contributed by atoms with Crippen molar-refractivity contribution in [2.45, 2.75) is 32.7 Å². The van der Waals surface area contributed by atoms with Gasteiger partial charge in [-0.05, 0) is 86.3 Å². The first kappa shape index (κ1) is 27.7. The number of nitrogens with two attached hydrogens (primary N) is 1. The molecule has 1 aliphatic heterocycles. The van der Waals surface area contributed by atoms with Crippen molar-refractivity contribution in [3.05, 3.63) is 82.9 Å². The maximum atomic E-state index is 15.6. The third-order valence-corrected chi connectivity index (χ3v) is 8.82. The molecule has 1 atom stereocenters. The zero-order valence-electron chi connectivity index (χ0n) is 23.5. The lowest BCUT2D eigenvalue weighted by Crippen LogP contribution is -2.49. The number of nitrogens with zero attached hydrogens (tertiary/aromatic N) is 5. The van der Waals surface area contributed by atoms with Crippen LogP contribution in [0, 0.1) is 19.7 Å². The zero-order valence-corrected chi connectivity index (χ0v) is 24.3. The first-order chi connectivity index (χ1) is 20.2. The van der Waals surface area contributed by atoms with E-state index < -0.39 is 17.6 Å². The Morgan fingerprint density at radius 2 is 1.90 bits per heavy atom. The van der Waals surface area contributed by atoms with Crippen LogP contribution in [0.1, 0.15) is 44.7 Å². The molecule has 0 unspecified atom stereocenters. The topological polar surface area (TPSA) is 119 Å². The second kappa shape index (κ2) is 11.1. The lowest BCUT2D eigenvalue weighted by molar-refractivity contribution is 0.0965.